The lowest BCUT2D eigenvalue weighted by Crippen LogP contribution is -1.96. The minimum Gasteiger partial charge on any atom is -0.488 e. The van der Waals surface area contributed by atoms with Gasteiger partial charge in [-0.15, -0.1) is 0 Å². The van der Waals surface area contributed by atoms with Gasteiger partial charge >= 0.3 is 0 Å². The fourth-order valence-electron chi connectivity index (χ4n) is 1.30. The van der Waals surface area contributed by atoms with Crippen LogP contribution in [0.3, 0.4) is 0 Å². The molecular formula is C11H9Cl2NO. The van der Waals surface area contributed by atoms with E-state index in [2.05, 4.69) is 4.98 Å². The van der Waals surface area contributed by atoms with Crippen LogP contribution >= 0.6 is 23.2 Å². The van der Waals surface area contributed by atoms with E-state index in [0.29, 0.717) is 11.6 Å². The Hall–Kier alpha value is -1.12. The molecule has 0 aliphatic heterocycles. The number of rotatable bonds is 3. The standard InChI is InChI=1S/C11H9Cl2NO/c12-6-9(13)7-15-10-1-2-11-8(5-10)3-4-14-11/h1-6,14H,7H2/b9-6+. The number of nitrogens with one attached hydrogen (secondary N) is 1. The Balaban J connectivity index is 2.14. The van der Waals surface area contributed by atoms with Gasteiger partial charge in [-0.2, -0.15) is 0 Å². The van der Waals surface area contributed by atoms with Crippen molar-refractivity contribution >= 4 is 34.1 Å². The number of fused-ring (bicyclic) bond motifs is 1. The first kappa shape index (κ1) is 10.4. The van der Waals surface area contributed by atoms with E-state index in [9.17, 15) is 0 Å². The maximum absolute atomic E-state index is 5.71. The van der Waals surface area contributed by atoms with Crippen molar-refractivity contribution in [3.63, 3.8) is 0 Å². The van der Waals surface area contributed by atoms with Crippen LogP contribution in [0.25, 0.3) is 10.9 Å². The van der Waals surface area contributed by atoms with Gasteiger partial charge in [-0.05, 0) is 24.3 Å². The SMILES string of the molecule is Cl/C=C(/Cl)COc1ccc2[nH]ccc2c1. The summed E-state index contributed by atoms with van der Waals surface area (Å²) in [7, 11) is 0. The lowest BCUT2D eigenvalue weighted by molar-refractivity contribution is 0.360. The molecular weight excluding hydrogens is 233 g/mol. The monoisotopic (exact) mass is 241 g/mol. The van der Waals surface area contributed by atoms with Crippen LogP contribution in [0.4, 0.5) is 0 Å². The zero-order valence-electron chi connectivity index (χ0n) is 7.84. The summed E-state index contributed by atoms with van der Waals surface area (Å²) >= 11 is 11.1. The van der Waals surface area contributed by atoms with Crippen molar-refractivity contribution in [3.8, 4) is 5.75 Å². The highest BCUT2D eigenvalue weighted by Gasteiger charge is 1.98. The molecule has 2 nitrogen and oxygen atoms in total. The molecule has 2 aromatic rings. The number of ether oxygens (including phenoxy) is 1. The average molecular weight is 242 g/mol. The summed E-state index contributed by atoms with van der Waals surface area (Å²) in [6.07, 6.45) is 1.89. The van der Waals surface area contributed by atoms with E-state index >= 15 is 0 Å². The maximum atomic E-state index is 5.71. The molecule has 0 spiro atoms. The fraction of sp³-hybridized carbons (Fsp3) is 0.0909. The summed E-state index contributed by atoms with van der Waals surface area (Å²) in [5.74, 6) is 0.777. The Bertz CT molecular complexity index is 490. The largest absolute Gasteiger partial charge is 0.488 e. The van der Waals surface area contributed by atoms with E-state index < -0.39 is 0 Å². The average Bonchev–Trinajstić information content (AvgIpc) is 2.72. The minimum atomic E-state index is 0.293. The van der Waals surface area contributed by atoms with Crippen LogP contribution in [0.5, 0.6) is 5.75 Å². The number of aromatic amines is 1. The molecule has 1 heterocycles. The van der Waals surface area contributed by atoms with Crippen molar-refractivity contribution < 1.29 is 4.74 Å². The summed E-state index contributed by atoms with van der Waals surface area (Å²) in [6, 6.07) is 7.78. The molecule has 0 atom stereocenters. The minimum absolute atomic E-state index is 0.293. The van der Waals surface area contributed by atoms with Crippen molar-refractivity contribution in [3.05, 3.63) is 41.0 Å². The number of aromatic nitrogens is 1. The first-order valence-corrected chi connectivity index (χ1v) is 5.26. The van der Waals surface area contributed by atoms with Crippen LogP contribution in [0.15, 0.2) is 41.0 Å². The molecule has 0 fully saturated rings. The summed E-state index contributed by atoms with van der Waals surface area (Å²) in [5.41, 5.74) is 2.39. The third kappa shape index (κ3) is 2.46. The van der Waals surface area contributed by atoms with Gasteiger partial charge in [0.25, 0.3) is 0 Å². The molecule has 78 valence electrons. The summed E-state index contributed by atoms with van der Waals surface area (Å²) < 4.78 is 5.44. The van der Waals surface area contributed by atoms with Crippen LogP contribution in [0.1, 0.15) is 0 Å². The Morgan fingerprint density at radius 2 is 2.27 bits per heavy atom. The van der Waals surface area contributed by atoms with Crippen molar-refractivity contribution in [2.45, 2.75) is 0 Å². The van der Waals surface area contributed by atoms with Crippen LogP contribution in [-0.2, 0) is 0 Å². The quantitative estimate of drug-likeness (QED) is 0.868. The number of hydrogen-bond acceptors (Lipinski definition) is 1. The molecule has 0 bridgehead atoms. The van der Waals surface area contributed by atoms with Crippen LogP contribution < -0.4 is 4.74 Å². The van der Waals surface area contributed by atoms with Gasteiger partial charge in [0.1, 0.15) is 12.4 Å². The number of halogens is 2. The zero-order valence-corrected chi connectivity index (χ0v) is 9.35. The Kier molecular flexibility index (Phi) is 3.19. The second kappa shape index (κ2) is 4.60. The molecule has 15 heavy (non-hydrogen) atoms. The van der Waals surface area contributed by atoms with Crippen molar-refractivity contribution in [1.82, 2.24) is 4.98 Å². The highest BCUT2D eigenvalue weighted by atomic mass is 35.5. The van der Waals surface area contributed by atoms with Gasteiger partial charge in [0.15, 0.2) is 0 Å². The van der Waals surface area contributed by atoms with Crippen molar-refractivity contribution in [2.24, 2.45) is 0 Å². The highest BCUT2D eigenvalue weighted by Crippen LogP contribution is 2.20. The van der Waals surface area contributed by atoms with E-state index in [1.54, 1.807) is 0 Å². The Labute approximate surface area is 97.4 Å². The molecule has 0 saturated heterocycles. The molecule has 1 aromatic heterocycles. The molecule has 0 saturated carbocycles. The summed E-state index contributed by atoms with van der Waals surface area (Å²) in [6.45, 7) is 0.293. The molecule has 0 amide bonds. The van der Waals surface area contributed by atoms with Gasteiger partial charge in [0, 0.05) is 22.6 Å². The van der Waals surface area contributed by atoms with E-state index in [4.69, 9.17) is 27.9 Å². The van der Waals surface area contributed by atoms with Gasteiger partial charge in [-0.25, -0.2) is 0 Å². The topological polar surface area (TPSA) is 25.0 Å². The van der Waals surface area contributed by atoms with Crippen molar-refractivity contribution in [1.29, 1.82) is 0 Å². The lowest BCUT2D eigenvalue weighted by atomic mass is 10.2. The predicted octanol–water partition coefficient (Wildman–Crippen LogP) is 3.87. The summed E-state index contributed by atoms with van der Waals surface area (Å²) in [4.78, 5) is 3.11. The van der Waals surface area contributed by atoms with E-state index in [-0.39, 0.29) is 0 Å². The predicted molar refractivity (Wildman–Crippen MR) is 63.6 cm³/mol. The van der Waals surface area contributed by atoms with Gasteiger partial charge in [0.2, 0.25) is 0 Å². The fourth-order valence-corrected chi connectivity index (χ4v) is 1.42. The molecule has 2 rings (SSSR count). The van der Waals surface area contributed by atoms with Gasteiger partial charge in [-0.3, -0.25) is 0 Å². The van der Waals surface area contributed by atoms with Gasteiger partial charge in [0.05, 0.1) is 5.03 Å². The van der Waals surface area contributed by atoms with Crippen molar-refractivity contribution in [2.75, 3.05) is 6.61 Å². The highest BCUT2D eigenvalue weighted by molar-refractivity contribution is 6.36. The van der Waals surface area contributed by atoms with Gasteiger partial charge < -0.3 is 9.72 Å². The first-order chi connectivity index (χ1) is 7.29. The molecule has 0 aliphatic rings. The molecule has 0 radical (unpaired) electrons. The van der Waals surface area contributed by atoms with Crippen LogP contribution in [0, 0.1) is 0 Å². The van der Waals surface area contributed by atoms with E-state index in [1.807, 2.05) is 30.5 Å². The van der Waals surface area contributed by atoms with Crippen LogP contribution in [0.2, 0.25) is 0 Å². The van der Waals surface area contributed by atoms with Gasteiger partial charge in [-0.1, -0.05) is 23.2 Å². The normalized spacial score (nSPS) is 12.0. The molecule has 4 heteroatoms. The number of benzene rings is 1. The zero-order chi connectivity index (χ0) is 10.7. The van der Waals surface area contributed by atoms with Crippen LogP contribution in [-0.4, -0.2) is 11.6 Å². The van der Waals surface area contributed by atoms with E-state index in [0.717, 1.165) is 16.7 Å². The smallest absolute Gasteiger partial charge is 0.125 e. The molecule has 0 unspecified atom stereocenters. The maximum Gasteiger partial charge on any atom is 0.125 e. The second-order valence-electron chi connectivity index (χ2n) is 3.07. The second-order valence-corrected chi connectivity index (χ2v) is 3.78. The number of hydrogen-bond donors (Lipinski definition) is 1. The first-order valence-electron chi connectivity index (χ1n) is 4.44. The lowest BCUT2D eigenvalue weighted by Gasteiger charge is -2.04. The third-order valence-electron chi connectivity index (χ3n) is 2.02. The summed E-state index contributed by atoms with van der Waals surface area (Å²) in [5, 5.41) is 1.59. The molecule has 1 N–H and O–H groups in total. The Morgan fingerprint density at radius 3 is 3.07 bits per heavy atom. The Morgan fingerprint density at radius 1 is 1.40 bits per heavy atom. The number of H-pyrrole nitrogens is 1. The molecule has 1 aromatic carbocycles. The molecule has 0 aliphatic carbocycles. The van der Waals surface area contributed by atoms with E-state index in [1.165, 1.54) is 5.54 Å². The third-order valence-corrected chi connectivity index (χ3v) is 2.61.